The molecule has 0 aliphatic heterocycles. The van der Waals surface area contributed by atoms with Gasteiger partial charge in [-0.3, -0.25) is 4.98 Å². The van der Waals surface area contributed by atoms with Crippen molar-refractivity contribution in [3.63, 3.8) is 0 Å². The van der Waals surface area contributed by atoms with Gasteiger partial charge in [0.25, 0.3) is 0 Å². The molecule has 0 bridgehead atoms. The molecule has 2 aromatic heterocycles. The molecule has 3 heteroatoms. The molecule has 2 heterocycles. The van der Waals surface area contributed by atoms with Gasteiger partial charge in [-0.2, -0.15) is 0 Å². The third-order valence-electron chi connectivity index (χ3n) is 3.01. The van der Waals surface area contributed by atoms with Gasteiger partial charge in [-0.05, 0) is 43.1 Å². The maximum absolute atomic E-state index is 5.38. The van der Waals surface area contributed by atoms with E-state index in [-0.39, 0.29) is 0 Å². The number of nitrogens with zero attached hydrogens (tertiary/aromatic N) is 1. The molecule has 0 amide bonds. The van der Waals surface area contributed by atoms with Crippen LogP contribution in [0.25, 0.3) is 0 Å². The Balaban J connectivity index is 2.03. The van der Waals surface area contributed by atoms with E-state index in [4.69, 9.17) is 4.42 Å². The Labute approximate surface area is 108 Å². The van der Waals surface area contributed by atoms with Gasteiger partial charge in [0, 0.05) is 24.9 Å². The lowest BCUT2D eigenvalue weighted by Gasteiger charge is -2.17. The van der Waals surface area contributed by atoms with Gasteiger partial charge in [-0.1, -0.05) is 13.0 Å². The molecule has 0 saturated carbocycles. The number of nitrogens with one attached hydrogen (secondary N) is 1. The van der Waals surface area contributed by atoms with E-state index in [9.17, 15) is 0 Å². The molecule has 1 atom stereocenters. The Bertz CT molecular complexity index is 465. The van der Waals surface area contributed by atoms with Gasteiger partial charge in [0.15, 0.2) is 0 Å². The Morgan fingerprint density at radius 1 is 1.39 bits per heavy atom. The van der Waals surface area contributed by atoms with Crippen molar-refractivity contribution in [2.24, 2.45) is 0 Å². The fourth-order valence-electron chi connectivity index (χ4n) is 2.14. The summed E-state index contributed by atoms with van der Waals surface area (Å²) in [6.07, 6.45) is 7.53. The van der Waals surface area contributed by atoms with Crippen LogP contribution in [0.3, 0.4) is 0 Å². The summed E-state index contributed by atoms with van der Waals surface area (Å²) in [4.78, 5) is 4.27. The number of hydrogen-bond donors (Lipinski definition) is 1. The molecular formula is C15H20N2O. The third kappa shape index (κ3) is 3.44. The SMILES string of the molecule is CCNC(CCc1ccco1)c1cncc(C)c1. The maximum Gasteiger partial charge on any atom is 0.103 e. The number of hydrogen-bond acceptors (Lipinski definition) is 3. The molecule has 0 fully saturated rings. The lowest BCUT2D eigenvalue weighted by atomic mass is 10.0. The maximum atomic E-state index is 5.38. The Kier molecular flexibility index (Phi) is 4.53. The summed E-state index contributed by atoms with van der Waals surface area (Å²) in [6, 6.07) is 6.50. The Morgan fingerprint density at radius 3 is 2.94 bits per heavy atom. The fraction of sp³-hybridized carbons (Fsp3) is 0.400. The first-order valence-corrected chi connectivity index (χ1v) is 6.47. The van der Waals surface area contributed by atoms with Crippen LogP contribution in [-0.4, -0.2) is 11.5 Å². The summed E-state index contributed by atoms with van der Waals surface area (Å²) >= 11 is 0. The molecule has 0 aliphatic carbocycles. The van der Waals surface area contributed by atoms with E-state index < -0.39 is 0 Å². The van der Waals surface area contributed by atoms with E-state index in [1.165, 1.54) is 11.1 Å². The lowest BCUT2D eigenvalue weighted by Crippen LogP contribution is -2.21. The smallest absolute Gasteiger partial charge is 0.103 e. The van der Waals surface area contributed by atoms with Gasteiger partial charge in [0.2, 0.25) is 0 Å². The van der Waals surface area contributed by atoms with Gasteiger partial charge in [0.05, 0.1) is 6.26 Å². The van der Waals surface area contributed by atoms with Crippen molar-refractivity contribution in [1.29, 1.82) is 0 Å². The number of pyridine rings is 1. The Hall–Kier alpha value is -1.61. The molecule has 0 spiro atoms. The highest BCUT2D eigenvalue weighted by atomic mass is 16.3. The van der Waals surface area contributed by atoms with Gasteiger partial charge in [0.1, 0.15) is 5.76 Å². The normalized spacial score (nSPS) is 12.6. The second kappa shape index (κ2) is 6.36. The first-order valence-electron chi connectivity index (χ1n) is 6.47. The van der Waals surface area contributed by atoms with Gasteiger partial charge in [-0.25, -0.2) is 0 Å². The van der Waals surface area contributed by atoms with Crippen molar-refractivity contribution in [3.8, 4) is 0 Å². The number of furan rings is 1. The zero-order valence-corrected chi connectivity index (χ0v) is 11.0. The Morgan fingerprint density at radius 2 is 2.28 bits per heavy atom. The molecule has 2 aromatic rings. The van der Waals surface area contributed by atoms with Crippen LogP contribution in [0.4, 0.5) is 0 Å². The molecule has 0 aromatic carbocycles. The second-order valence-corrected chi connectivity index (χ2v) is 4.52. The highest BCUT2D eigenvalue weighted by Crippen LogP contribution is 2.19. The van der Waals surface area contributed by atoms with Crippen LogP contribution in [0.1, 0.15) is 36.3 Å². The first kappa shape index (κ1) is 12.8. The van der Waals surface area contributed by atoms with Gasteiger partial charge in [-0.15, -0.1) is 0 Å². The molecule has 0 radical (unpaired) electrons. The monoisotopic (exact) mass is 244 g/mol. The number of aromatic nitrogens is 1. The average molecular weight is 244 g/mol. The first-order chi connectivity index (χ1) is 8.79. The van der Waals surface area contributed by atoms with Crippen molar-refractivity contribution in [2.75, 3.05) is 6.54 Å². The van der Waals surface area contributed by atoms with E-state index >= 15 is 0 Å². The zero-order chi connectivity index (χ0) is 12.8. The van der Waals surface area contributed by atoms with E-state index in [2.05, 4.69) is 30.2 Å². The summed E-state index contributed by atoms with van der Waals surface area (Å²) in [5.41, 5.74) is 2.46. The van der Waals surface area contributed by atoms with Crippen LogP contribution in [0, 0.1) is 6.92 Å². The largest absolute Gasteiger partial charge is 0.469 e. The van der Waals surface area contributed by atoms with Crippen molar-refractivity contribution in [2.45, 2.75) is 32.7 Å². The summed E-state index contributed by atoms with van der Waals surface area (Å²) in [6.45, 7) is 5.16. The number of aryl methyl sites for hydroxylation is 2. The molecule has 96 valence electrons. The minimum absolute atomic E-state index is 0.340. The molecule has 1 N–H and O–H groups in total. The highest BCUT2D eigenvalue weighted by molar-refractivity contribution is 5.20. The summed E-state index contributed by atoms with van der Waals surface area (Å²) in [5.74, 6) is 1.04. The summed E-state index contributed by atoms with van der Waals surface area (Å²) in [7, 11) is 0. The van der Waals surface area contributed by atoms with Crippen LogP contribution in [-0.2, 0) is 6.42 Å². The minimum Gasteiger partial charge on any atom is -0.469 e. The van der Waals surface area contributed by atoms with E-state index in [0.717, 1.165) is 25.1 Å². The predicted molar refractivity (Wildman–Crippen MR) is 72.4 cm³/mol. The van der Waals surface area contributed by atoms with Crippen molar-refractivity contribution in [3.05, 3.63) is 53.7 Å². The summed E-state index contributed by atoms with van der Waals surface area (Å²) in [5, 5.41) is 3.51. The average Bonchev–Trinajstić information content (AvgIpc) is 2.87. The summed E-state index contributed by atoms with van der Waals surface area (Å²) < 4.78 is 5.38. The highest BCUT2D eigenvalue weighted by Gasteiger charge is 2.11. The van der Waals surface area contributed by atoms with Crippen molar-refractivity contribution in [1.82, 2.24) is 10.3 Å². The van der Waals surface area contributed by atoms with Crippen LogP contribution in [0.5, 0.6) is 0 Å². The lowest BCUT2D eigenvalue weighted by molar-refractivity contribution is 0.458. The predicted octanol–water partition coefficient (Wildman–Crippen LogP) is 3.27. The van der Waals surface area contributed by atoms with E-state index in [1.807, 2.05) is 24.5 Å². The molecule has 3 nitrogen and oxygen atoms in total. The van der Waals surface area contributed by atoms with Gasteiger partial charge < -0.3 is 9.73 Å². The standard InChI is InChI=1S/C15H20N2O/c1-3-17-15(7-6-14-5-4-8-18-14)13-9-12(2)10-16-11-13/h4-5,8-11,15,17H,3,6-7H2,1-2H3. The van der Waals surface area contributed by atoms with Crippen LogP contribution in [0.15, 0.2) is 41.3 Å². The fourth-order valence-corrected chi connectivity index (χ4v) is 2.14. The van der Waals surface area contributed by atoms with Crippen LogP contribution < -0.4 is 5.32 Å². The van der Waals surface area contributed by atoms with E-state index in [1.54, 1.807) is 6.26 Å². The topological polar surface area (TPSA) is 38.1 Å². The molecule has 0 saturated heterocycles. The van der Waals surface area contributed by atoms with Gasteiger partial charge >= 0.3 is 0 Å². The van der Waals surface area contributed by atoms with Crippen LogP contribution in [0.2, 0.25) is 0 Å². The minimum atomic E-state index is 0.340. The molecule has 2 rings (SSSR count). The number of rotatable bonds is 6. The molecule has 18 heavy (non-hydrogen) atoms. The third-order valence-corrected chi connectivity index (χ3v) is 3.01. The van der Waals surface area contributed by atoms with Crippen molar-refractivity contribution < 1.29 is 4.42 Å². The molecule has 0 aliphatic rings. The van der Waals surface area contributed by atoms with E-state index in [0.29, 0.717) is 6.04 Å². The molecular weight excluding hydrogens is 224 g/mol. The van der Waals surface area contributed by atoms with Crippen molar-refractivity contribution >= 4 is 0 Å². The zero-order valence-electron chi connectivity index (χ0n) is 11.0. The second-order valence-electron chi connectivity index (χ2n) is 4.52. The molecule has 1 unspecified atom stereocenters. The van der Waals surface area contributed by atoms with Crippen LogP contribution >= 0.6 is 0 Å². The quantitative estimate of drug-likeness (QED) is 0.847.